The van der Waals surface area contributed by atoms with E-state index in [0.29, 0.717) is 0 Å². The van der Waals surface area contributed by atoms with Crippen LogP contribution in [0.3, 0.4) is 0 Å². The van der Waals surface area contributed by atoms with Crippen LogP contribution in [0.1, 0.15) is 11.1 Å². The fraction of sp³-hybridized carbons (Fsp3) is 0.0385. The average Bonchev–Trinajstić information content (AvgIpc) is 3.76. The first-order valence-corrected chi connectivity index (χ1v) is 19.0. The maximum atomic E-state index is 6.60. The van der Waals surface area contributed by atoms with E-state index in [-0.39, 0.29) is 0 Å². The first-order valence-electron chi connectivity index (χ1n) is 19.0. The predicted octanol–water partition coefficient (Wildman–Crippen LogP) is 14.7. The van der Waals surface area contributed by atoms with Gasteiger partial charge in [-0.2, -0.15) is 0 Å². The van der Waals surface area contributed by atoms with Crippen LogP contribution < -0.4 is 4.90 Å². The highest BCUT2D eigenvalue weighted by Crippen LogP contribution is 2.51. The largest absolute Gasteiger partial charge is 0.454 e. The quantitative estimate of drug-likeness (QED) is 0.182. The molecule has 11 aromatic rings. The third-order valence-corrected chi connectivity index (χ3v) is 11.7. The van der Waals surface area contributed by atoms with E-state index in [1.807, 2.05) is 6.07 Å². The molecule has 0 spiro atoms. The van der Waals surface area contributed by atoms with E-state index >= 15 is 0 Å². The van der Waals surface area contributed by atoms with Crippen molar-refractivity contribution >= 4 is 82.4 Å². The van der Waals surface area contributed by atoms with E-state index in [1.165, 1.54) is 82.4 Å². The molecule has 2 aromatic heterocycles. The molecule has 3 heteroatoms. The van der Waals surface area contributed by atoms with Crippen molar-refractivity contribution in [3.8, 4) is 27.9 Å². The Kier molecular flexibility index (Phi) is 6.19. The van der Waals surface area contributed by atoms with Gasteiger partial charge in [0.05, 0.1) is 16.7 Å². The molecule has 9 aromatic carbocycles. The van der Waals surface area contributed by atoms with Crippen LogP contribution in [0, 0.1) is 13.8 Å². The number of aryl methyl sites for hydroxylation is 2. The zero-order chi connectivity index (χ0) is 36.4. The van der Waals surface area contributed by atoms with Gasteiger partial charge in [-0.05, 0) is 154 Å². The minimum Gasteiger partial charge on any atom is -0.454 e. The third-order valence-electron chi connectivity index (χ3n) is 11.7. The fourth-order valence-electron chi connectivity index (χ4n) is 9.29. The van der Waals surface area contributed by atoms with Crippen LogP contribution in [0.15, 0.2) is 174 Å². The van der Waals surface area contributed by atoms with Crippen molar-refractivity contribution in [2.45, 2.75) is 13.8 Å². The molecule has 1 aliphatic carbocycles. The van der Waals surface area contributed by atoms with E-state index in [2.05, 4.69) is 187 Å². The molecule has 0 aliphatic heterocycles. The van der Waals surface area contributed by atoms with E-state index in [4.69, 9.17) is 4.42 Å². The topological polar surface area (TPSA) is 21.3 Å². The van der Waals surface area contributed by atoms with Crippen LogP contribution in [0.4, 0.5) is 17.1 Å². The number of furan rings is 1. The Labute approximate surface area is 317 Å². The molecule has 12 rings (SSSR count). The van der Waals surface area contributed by atoms with Crippen molar-refractivity contribution in [3.05, 3.63) is 181 Å². The van der Waals surface area contributed by atoms with Gasteiger partial charge in [-0.25, -0.2) is 0 Å². The van der Waals surface area contributed by atoms with Crippen LogP contribution in [0.5, 0.6) is 0 Å². The summed E-state index contributed by atoms with van der Waals surface area (Å²) in [6, 6.07) is 62.3. The van der Waals surface area contributed by atoms with Crippen LogP contribution in [-0.2, 0) is 0 Å². The number of hydrogen-bond acceptors (Lipinski definition) is 2. The molecule has 0 fully saturated rings. The van der Waals surface area contributed by atoms with E-state index in [0.717, 1.165) is 39.0 Å². The molecule has 0 saturated carbocycles. The molecule has 0 unspecified atom stereocenters. The fourth-order valence-corrected chi connectivity index (χ4v) is 9.29. The summed E-state index contributed by atoms with van der Waals surface area (Å²) in [7, 11) is 0. The van der Waals surface area contributed by atoms with Crippen LogP contribution in [-0.4, -0.2) is 4.57 Å². The minimum atomic E-state index is 0.891. The van der Waals surface area contributed by atoms with Gasteiger partial charge in [-0.15, -0.1) is 0 Å². The molecule has 0 saturated heterocycles. The van der Waals surface area contributed by atoms with Gasteiger partial charge in [0.15, 0.2) is 5.58 Å². The van der Waals surface area contributed by atoms with Gasteiger partial charge in [0.25, 0.3) is 0 Å². The summed E-state index contributed by atoms with van der Waals surface area (Å²) in [4.78, 5) is 2.36. The molecule has 0 amide bonds. The van der Waals surface area contributed by atoms with Gasteiger partial charge in [-0.1, -0.05) is 84.9 Å². The Hall–Kier alpha value is -7.10. The predicted molar refractivity (Wildman–Crippen MR) is 232 cm³/mol. The maximum absolute atomic E-state index is 6.60. The Morgan fingerprint density at radius 3 is 1.67 bits per heavy atom. The highest BCUT2D eigenvalue weighted by molar-refractivity contribution is 6.14. The third kappa shape index (κ3) is 4.44. The normalized spacial score (nSPS) is 12.2. The number of benzene rings is 9. The average molecular weight is 703 g/mol. The first kappa shape index (κ1) is 30.4. The van der Waals surface area contributed by atoms with E-state index in [9.17, 15) is 0 Å². The highest BCUT2D eigenvalue weighted by atomic mass is 16.3. The number of anilines is 3. The van der Waals surface area contributed by atoms with Crippen molar-refractivity contribution in [1.82, 2.24) is 4.57 Å². The molecule has 0 atom stereocenters. The summed E-state index contributed by atoms with van der Waals surface area (Å²) in [5.74, 6) is 0. The standard InChI is InChI=1S/C52H34N2O/c1-31-22-32(2)24-39(23-31)53(50-16-9-13-43-42-12-5-8-17-51(42)55-52(43)50)37-20-18-33-27-44-46(29-35(33)25-37)45-28-34-19-21-38(26-36(34)30-47(44)45)54-48-14-6-3-10-40(48)41-11-4-7-15-49(41)54/h3-30H,1-2H3. The Bertz CT molecular complexity index is 3340. The molecule has 2 heterocycles. The second kappa shape index (κ2) is 11.2. The van der Waals surface area contributed by atoms with E-state index in [1.54, 1.807) is 0 Å². The number of aromatic nitrogens is 1. The molecular weight excluding hydrogens is 669 g/mol. The summed E-state index contributed by atoms with van der Waals surface area (Å²) in [6.45, 7) is 4.34. The van der Waals surface area contributed by atoms with Gasteiger partial charge in [0.1, 0.15) is 5.58 Å². The summed E-state index contributed by atoms with van der Waals surface area (Å²) in [5, 5.41) is 9.77. The van der Waals surface area contributed by atoms with Crippen molar-refractivity contribution in [1.29, 1.82) is 0 Å². The molecule has 55 heavy (non-hydrogen) atoms. The second-order valence-electron chi connectivity index (χ2n) is 15.2. The number of rotatable bonds is 4. The van der Waals surface area contributed by atoms with Crippen molar-refractivity contribution in [2.75, 3.05) is 4.90 Å². The zero-order valence-electron chi connectivity index (χ0n) is 30.5. The lowest BCUT2D eigenvalue weighted by Crippen LogP contribution is -2.11. The highest BCUT2D eigenvalue weighted by Gasteiger charge is 2.25. The Balaban J connectivity index is 0.984. The molecule has 3 nitrogen and oxygen atoms in total. The number of hydrogen-bond donors (Lipinski definition) is 0. The molecule has 258 valence electrons. The van der Waals surface area contributed by atoms with Crippen LogP contribution >= 0.6 is 0 Å². The second-order valence-corrected chi connectivity index (χ2v) is 15.2. The van der Waals surface area contributed by atoms with Crippen LogP contribution in [0.2, 0.25) is 0 Å². The van der Waals surface area contributed by atoms with Gasteiger partial charge in [0, 0.05) is 38.6 Å². The van der Waals surface area contributed by atoms with Crippen molar-refractivity contribution in [3.63, 3.8) is 0 Å². The van der Waals surface area contributed by atoms with Crippen LogP contribution in [0.25, 0.3) is 93.2 Å². The van der Waals surface area contributed by atoms with Crippen molar-refractivity contribution in [2.24, 2.45) is 0 Å². The molecular formula is C52H34N2O. The number of fused-ring (bicyclic) bond motifs is 12. The molecule has 1 aliphatic rings. The van der Waals surface area contributed by atoms with Gasteiger partial charge < -0.3 is 13.9 Å². The smallest absolute Gasteiger partial charge is 0.159 e. The molecule has 0 radical (unpaired) electrons. The van der Waals surface area contributed by atoms with Gasteiger partial charge >= 0.3 is 0 Å². The SMILES string of the molecule is Cc1cc(C)cc(N(c2ccc3cc4c(cc3c2)-c2cc3ccc(-n5c6ccccc6c6ccccc65)cc3cc2-4)c2cccc3c2oc2ccccc23)c1. The summed E-state index contributed by atoms with van der Waals surface area (Å²) in [6.07, 6.45) is 0. The summed E-state index contributed by atoms with van der Waals surface area (Å²) >= 11 is 0. The minimum absolute atomic E-state index is 0.891. The van der Waals surface area contributed by atoms with Gasteiger partial charge in [0.2, 0.25) is 0 Å². The lowest BCUT2D eigenvalue weighted by molar-refractivity contribution is 0.669. The van der Waals surface area contributed by atoms with E-state index < -0.39 is 0 Å². The monoisotopic (exact) mass is 702 g/mol. The number of nitrogens with zero attached hydrogens (tertiary/aromatic N) is 2. The first-order chi connectivity index (χ1) is 27.1. The molecule has 0 N–H and O–H groups in total. The number of para-hydroxylation sites is 4. The summed E-state index contributed by atoms with van der Waals surface area (Å²) in [5.41, 5.74) is 16.4. The Morgan fingerprint density at radius 2 is 0.982 bits per heavy atom. The Morgan fingerprint density at radius 1 is 0.418 bits per heavy atom. The lowest BCUT2D eigenvalue weighted by atomic mass is 9.78. The lowest BCUT2D eigenvalue weighted by Gasteiger charge is -2.28. The van der Waals surface area contributed by atoms with Gasteiger partial charge in [-0.3, -0.25) is 0 Å². The molecule has 0 bridgehead atoms. The maximum Gasteiger partial charge on any atom is 0.159 e. The summed E-state index contributed by atoms with van der Waals surface area (Å²) < 4.78 is 9.00. The van der Waals surface area contributed by atoms with Crippen molar-refractivity contribution < 1.29 is 4.42 Å². The zero-order valence-corrected chi connectivity index (χ0v) is 30.5.